The quantitative estimate of drug-likeness (QED) is 0.268. The van der Waals surface area contributed by atoms with Gasteiger partial charge < -0.3 is 11.5 Å². The van der Waals surface area contributed by atoms with Crippen molar-refractivity contribution in [3.63, 3.8) is 0 Å². The lowest BCUT2D eigenvalue weighted by molar-refractivity contribution is 0.697. The van der Waals surface area contributed by atoms with E-state index in [-0.39, 0.29) is 0 Å². The molecule has 0 fully saturated rings. The van der Waals surface area contributed by atoms with Crippen molar-refractivity contribution in [1.29, 1.82) is 0 Å². The molecule has 2 atom stereocenters. The predicted octanol–water partition coefficient (Wildman–Crippen LogP) is 8.09. The largest absolute Gasteiger partial charge is 0.399 e. The highest BCUT2D eigenvalue weighted by Crippen LogP contribution is 2.33. The zero-order valence-corrected chi connectivity index (χ0v) is 20.5. The van der Waals surface area contributed by atoms with Gasteiger partial charge in [0.15, 0.2) is 0 Å². The molecule has 4 rings (SSSR count). The Morgan fingerprint density at radius 3 is 1.03 bits per heavy atom. The number of nitrogen functional groups attached to an aromatic ring is 2. The average molecular weight is 449 g/mol. The Labute approximate surface area is 204 Å². The molecule has 174 valence electrons. The van der Waals surface area contributed by atoms with Crippen molar-refractivity contribution in [1.82, 2.24) is 0 Å². The van der Waals surface area contributed by atoms with E-state index in [0.29, 0.717) is 17.8 Å². The van der Waals surface area contributed by atoms with Crippen molar-refractivity contribution in [3.05, 3.63) is 130 Å². The summed E-state index contributed by atoms with van der Waals surface area (Å²) in [5.74, 6) is 1.09. The second-order valence-electron chi connectivity index (χ2n) is 9.45. The number of rotatable bonds is 8. The number of hydrogen-bond acceptors (Lipinski definition) is 2. The fourth-order valence-corrected chi connectivity index (χ4v) is 4.80. The number of hydrogen-bond donors (Lipinski definition) is 2. The first-order chi connectivity index (χ1) is 16.5. The second-order valence-corrected chi connectivity index (χ2v) is 9.45. The van der Waals surface area contributed by atoms with E-state index in [1.807, 2.05) is 24.3 Å². The molecule has 0 spiro atoms. The van der Waals surface area contributed by atoms with Crippen LogP contribution in [0.15, 0.2) is 97.1 Å². The Balaban J connectivity index is 1.53. The number of benzene rings is 4. The van der Waals surface area contributed by atoms with Crippen LogP contribution in [0.2, 0.25) is 0 Å². The van der Waals surface area contributed by atoms with Crippen molar-refractivity contribution in [2.75, 3.05) is 11.5 Å². The first-order valence-corrected chi connectivity index (χ1v) is 12.4. The lowest BCUT2D eigenvalue weighted by Gasteiger charge is -2.20. The molecule has 4 aromatic carbocycles. The Kier molecular flexibility index (Phi) is 7.37. The SMILES string of the molecule is CCCC(c1ccc(C(C)c2ccc(N)cc2)cc1)c1ccc(C(C)c2ccc(N)cc2)cc1. The van der Waals surface area contributed by atoms with Gasteiger partial charge in [0.25, 0.3) is 0 Å². The van der Waals surface area contributed by atoms with Crippen LogP contribution in [-0.4, -0.2) is 0 Å². The van der Waals surface area contributed by atoms with Crippen molar-refractivity contribution in [2.24, 2.45) is 0 Å². The maximum atomic E-state index is 5.86. The molecule has 0 bridgehead atoms. The monoisotopic (exact) mass is 448 g/mol. The molecule has 0 aliphatic rings. The molecule has 2 heteroatoms. The molecule has 34 heavy (non-hydrogen) atoms. The van der Waals surface area contributed by atoms with E-state index in [2.05, 4.69) is 93.6 Å². The fourth-order valence-electron chi connectivity index (χ4n) is 4.80. The minimum absolute atomic E-state index is 0.341. The Morgan fingerprint density at radius 2 is 0.735 bits per heavy atom. The first-order valence-electron chi connectivity index (χ1n) is 12.4. The third kappa shape index (κ3) is 5.34. The summed E-state index contributed by atoms with van der Waals surface area (Å²) >= 11 is 0. The Bertz CT molecular complexity index is 1080. The summed E-state index contributed by atoms with van der Waals surface area (Å²) in [4.78, 5) is 0. The van der Waals surface area contributed by atoms with Crippen LogP contribution in [-0.2, 0) is 0 Å². The molecule has 0 saturated carbocycles. The van der Waals surface area contributed by atoms with Gasteiger partial charge in [-0.25, -0.2) is 0 Å². The summed E-state index contributed by atoms with van der Waals surface area (Å²) in [6, 6.07) is 34.8. The van der Waals surface area contributed by atoms with Crippen LogP contribution in [0.1, 0.15) is 84.7 Å². The average Bonchev–Trinajstić information content (AvgIpc) is 2.88. The van der Waals surface area contributed by atoms with Crippen LogP contribution in [0, 0.1) is 0 Å². The van der Waals surface area contributed by atoms with Crippen LogP contribution < -0.4 is 11.5 Å². The highest BCUT2D eigenvalue weighted by Gasteiger charge is 2.16. The first kappa shape index (κ1) is 23.6. The van der Waals surface area contributed by atoms with Crippen molar-refractivity contribution in [2.45, 2.75) is 51.4 Å². The number of nitrogens with two attached hydrogens (primary N) is 2. The molecule has 0 aliphatic carbocycles. The summed E-state index contributed by atoms with van der Waals surface area (Å²) in [7, 11) is 0. The minimum atomic E-state index is 0.341. The van der Waals surface area contributed by atoms with E-state index in [9.17, 15) is 0 Å². The van der Waals surface area contributed by atoms with Gasteiger partial charge in [0.2, 0.25) is 0 Å². The molecular formula is C32H36N2. The summed E-state index contributed by atoms with van der Waals surface area (Å²) in [5.41, 5.74) is 21.3. The van der Waals surface area contributed by atoms with Gasteiger partial charge in [0, 0.05) is 29.1 Å². The van der Waals surface area contributed by atoms with Crippen molar-refractivity contribution in [3.8, 4) is 0 Å². The lowest BCUT2D eigenvalue weighted by Crippen LogP contribution is -2.03. The minimum Gasteiger partial charge on any atom is -0.399 e. The fraction of sp³-hybridized carbons (Fsp3) is 0.250. The van der Waals surface area contributed by atoms with Crippen LogP contribution in [0.3, 0.4) is 0 Å². The van der Waals surface area contributed by atoms with Gasteiger partial charge in [-0.2, -0.15) is 0 Å². The molecule has 4 aromatic rings. The van der Waals surface area contributed by atoms with E-state index in [1.165, 1.54) is 33.4 Å². The van der Waals surface area contributed by atoms with E-state index in [0.717, 1.165) is 24.2 Å². The second kappa shape index (κ2) is 10.6. The van der Waals surface area contributed by atoms with Gasteiger partial charge in [-0.3, -0.25) is 0 Å². The zero-order chi connectivity index (χ0) is 24.1. The smallest absolute Gasteiger partial charge is 0.0314 e. The van der Waals surface area contributed by atoms with Gasteiger partial charge in [-0.1, -0.05) is 100.0 Å². The lowest BCUT2D eigenvalue weighted by atomic mass is 9.84. The van der Waals surface area contributed by atoms with Crippen LogP contribution in [0.25, 0.3) is 0 Å². The maximum Gasteiger partial charge on any atom is 0.0314 e. The molecule has 0 radical (unpaired) electrons. The maximum absolute atomic E-state index is 5.86. The summed E-state index contributed by atoms with van der Waals surface area (Å²) in [6.07, 6.45) is 2.29. The third-order valence-corrected chi connectivity index (χ3v) is 7.13. The summed E-state index contributed by atoms with van der Waals surface area (Å²) in [6.45, 7) is 6.78. The van der Waals surface area contributed by atoms with Gasteiger partial charge in [-0.05, 0) is 64.1 Å². The van der Waals surface area contributed by atoms with Gasteiger partial charge >= 0.3 is 0 Å². The van der Waals surface area contributed by atoms with Gasteiger partial charge in [-0.15, -0.1) is 0 Å². The molecule has 0 aromatic heterocycles. The highest BCUT2D eigenvalue weighted by atomic mass is 14.5. The van der Waals surface area contributed by atoms with Crippen molar-refractivity contribution >= 4 is 11.4 Å². The standard InChI is InChI=1S/C32H36N2/c1-4-5-32(28-10-6-24(7-11-28)22(2)26-14-18-30(33)19-15-26)29-12-8-25(9-13-29)23(3)27-16-20-31(34)21-17-27/h6-23,32H,4-5,33-34H2,1-3H3. The van der Waals surface area contributed by atoms with Gasteiger partial charge in [0.1, 0.15) is 0 Å². The van der Waals surface area contributed by atoms with E-state index in [4.69, 9.17) is 11.5 Å². The van der Waals surface area contributed by atoms with Crippen LogP contribution in [0.5, 0.6) is 0 Å². The van der Waals surface area contributed by atoms with E-state index >= 15 is 0 Å². The van der Waals surface area contributed by atoms with Gasteiger partial charge in [0.05, 0.1) is 0 Å². The molecule has 0 saturated heterocycles. The highest BCUT2D eigenvalue weighted by molar-refractivity contribution is 5.45. The topological polar surface area (TPSA) is 52.0 Å². The summed E-state index contributed by atoms with van der Waals surface area (Å²) in [5, 5.41) is 0. The molecule has 0 aliphatic heterocycles. The number of anilines is 2. The summed E-state index contributed by atoms with van der Waals surface area (Å²) < 4.78 is 0. The van der Waals surface area contributed by atoms with Crippen LogP contribution >= 0.6 is 0 Å². The van der Waals surface area contributed by atoms with Crippen molar-refractivity contribution < 1.29 is 0 Å². The molecule has 4 N–H and O–H groups in total. The van der Waals surface area contributed by atoms with E-state index < -0.39 is 0 Å². The Hall–Kier alpha value is -3.52. The molecule has 2 unspecified atom stereocenters. The third-order valence-electron chi connectivity index (χ3n) is 7.13. The predicted molar refractivity (Wildman–Crippen MR) is 146 cm³/mol. The van der Waals surface area contributed by atoms with E-state index in [1.54, 1.807) is 0 Å². The Morgan fingerprint density at radius 1 is 0.471 bits per heavy atom. The normalized spacial score (nSPS) is 13.9. The van der Waals surface area contributed by atoms with Crippen LogP contribution in [0.4, 0.5) is 11.4 Å². The zero-order valence-electron chi connectivity index (χ0n) is 20.5. The molecule has 2 nitrogen and oxygen atoms in total. The molecule has 0 amide bonds. The molecule has 0 heterocycles. The molecular weight excluding hydrogens is 412 g/mol.